The first-order valence-corrected chi connectivity index (χ1v) is 32.4. The van der Waals surface area contributed by atoms with E-state index < -0.39 is 67.4 Å². The zero-order valence-electron chi connectivity index (χ0n) is 51.1. The number of aliphatic hydroxyl groups is 5. The van der Waals surface area contributed by atoms with Crippen molar-refractivity contribution < 1.29 is 49.3 Å². The van der Waals surface area contributed by atoms with Crippen LogP contribution in [0.4, 0.5) is 0 Å². The molecular formula is C70H117NO10. The first kappa shape index (κ1) is 75.1. The fourth-order valence-electron chi connectivity index (χ4n) is 9.39. The Labute approximate surface area is 493 Å². The summed E-state index contributed by atoms with van der Waals surface area (Å²) >= 11 is 0. The first-order valence-electron chi connectivity index (χ1n) is 32.4. The maximum Gasteiger partial charge on any atom is 0.306 e. The number of rotatable bonds is 53. The van der Waals surface area contributed by atoms with Crippen LogP contribution in [-0.2, 0) is 23.8 Å². The summed E-state index contributed by atoms with van der Waals surface area (Å²) in [5, 5.41) is 57.0. The van der Waals surface area contributed by atoms with E-state index in [1.807, 2.05) is 42.5 Å². The number of unbranched alkanes of at least 4 members (excludes halogenated alkanes) is 24. The van der Waals surface area contributed by atoms with Crippen molar-refractivity contribution in [2.24, 2.45) is 0 Å². The normalized spacial score (nSPS) is 19.5. The number of hydrogen-bond acceptors (Lipinski definition) is 10. The maximum atomic E-state index is 13.5. The van der Waals surface area contributed by atoms with Gasteiger partial charge in [-0.15, -0.1) is 0 Å². The molecule has 1 aliphatic heterocycles. The highest BCUT2D eigenvalue weighted by Gasteiger charge is 2.47. The zero-order valence-corrected chi connectivity index (χ0v) is 51.1. The van der Waals surface area contributed by atoms with Gasteiger partial charge in [-0.05, 0) is 89.9 Å². The minimum atomic E-state index is -1.64. The molecule has 1 amide bonds. The van der Waals surface area contributed by atoms with Gasteiger partial charge in [0.1, 0.15) is 24.4 Å². The highest BCUT2D eigenvalue weighted by molar-refractivity contribution is 5.80. The quantitative estimate of drug-likeness (QED) is 0.0149. The van der Waals surface area contributed by atoms with E-state index in [-0.39, 0.29) is 19.4 Å². The van der Waals surface area contributed by atoms with Gasteiger partial charge in [-0.1, -0.05) is 271 Å². The fraction of sp³-hybridized carbons (Fsp3) is 0.686. The second kappa shape index (κ2) is 56.5. The smallest absolute Gasteiger partial charge is 0.306 e. The van der Waals surface area contributed by atoms with Gasteiger partial charge in [0.15, 0.2) is 12.4 Å². The Morgan fingerprint density at radius 3 is 1.48 bits per heavy atom. The molecule has 0 spiro atoms. The Morgan fingerprint density at radius 2 is 0.951 bits per heavy atom. The van der Waals surface area contributed by atoms with E-state index in [1.54, 1.807) is 6.08 Å². The predicted molar refractivity (Wildman–Crippen MR) is 338 cm³/mol. The molecule has 8 unspecified atom stereocenters. The molecule has 6 N–H and O–H groups in total. The molecule has 81 heavy (non-hydrogen) atoms. The number of esters is 1. The van der Waals surface area contributed by atoms with Gasteiger partial charge < -0.3 is 45.1 Å². The van der Waals surface area contributed by atoms with E-state index >= 15 is 0 Å². The second-order valence-electron chi connectivity index (χ2n) is 21.8. The molecule has 1 heterocycles. The van der Waals surface area contributed by atoms with Crippen LogP contribution in [0.1, 0.15) is 245 Å². The van der Waals surface area contributed by atoms with Crippen molar-refractivity contribution in [2.75, 3.05) is 13.2 Å². The van der Waals surface area contributed by atoms with Crippen molar-refractivity contribution >= 4 is 11.9 Å². The molecule has 0 bridgehead atoms. The Balaban J connectivity index is 2.63. The monoisotopic (exact) mass is 1130 g/mol. The molecule has 0 aromatic heterocycles. The van der Waals surface area contributed by atoms with E-state index in [9.17, 15) is 35.1 Å². The fourth-order valence-corrected chi connectivity index (χ4v) is 9.39. The van der Waals surface area contributed by atoms with Gasteiger partial charge >= 0.3 is 5.97 Å². The highest BCUT2D eigenvalue weighted by atomic mass is 16.7. The van der Waals surface area contributed by atoms with Gasteiger partial charge in [0.05, 0.1) is 25.4 Å². The summed E-state index contributed by atoms with van der Waals surface area (Å²) in [5.41, 5.74) is 0. The number of allylic oxidation sites excluding steroid dienone is 19. The third-order valence-electron chi connectivity index (χ3n) is 14.5. The molecule has 0 aromatic rings. The van der Waals surface area contributed by atoms with E-state index in [1.165, 1.54) is 89.9 Å². The lowest BCUT2D eigenvalue weighted by molar-refractivity contribution is -0.305. The predicted octanol–water partition coefficient (Wildman–Crippen LogP) is 15.8. The van der Waals surface area contributed by atoms with E-state index in [0.717, 1.165) is 109 Å². The molecular weight excluding hydrogens is 1010 g/mol. The molecule has 11 heteroatoms. The first-order chi connectivity index (χ1) is 39.7. The molecule has 462 valence electrons. The van der Waals surface area contributed by atoms with Crippen LogP contribution in [0.25, 0.3) is 0 Å². The van der Waals surface area contributed by atoms with Crippen molar-refractivity contribution in [3.63, 3.8) is 0 Å². The number of carbonyl (C=O) groups is 2. The molecule has 1 rings (SSSR count). The Kier molecular flexibility index (Phi) is 52.4. The molecule has 1 saturated heterocycles. The number of aliphatic hydroxyl groups excluding tert-OH is 5. The van der Waals surface area contributed by atoms with E-state index in [4.69, 9.17) is 14.2 Å². The van der Waals surface area contributed by atoms with Crippen LogP contribution in [0.5, 0.6) is 0 Å². The Morgan fingerprint density at radius 1 is 0.506 bits per heavy atom. The maximum absolute atomic E-state index is 13.5. The molecule has 1 aliphatic rings. The van der Waals surface area contributed by atoms with E-state index in [2.05, 4.69) is 99.0 Å². The minimum Gasteiger partial charge on any atom is -0.454 e. The van der Waals surface area contributed by atoms with Gasteiger partial charge in [-0.3, -0.25) is 9.59 Å². The summed E-state index contributed by atoms with van der Waals surface area (Å²) in [5.74, 6) is -1.25. The van der Waals surface area contributed by atoms with Crippen LogP contribution in [0.3, 0.4) is 0 Å². The molecule has 0 aromatic carbocycles. The van der Waals surface area contributed by atoms with Crippen LogP contribution in [0, 0.1) is 0 Å². The second-order valence-corrected chi connectivity index (χ2v) is 21.8. The summed E-state index contributed by atoms with van der Waals surface area (Å²) in [7, 11) is 0. The van der Waals surface area contributed by atoms with Gasteiger partial charge in [0.25, 0.3) is 0 Å². The summed E-state index contributed by atoms with van der Waals surface area (Å²) in [6, 6.07) is -1.04. The lowest BCUT2D eigenvalue weighted by atomic mass is 9.99. The van der Waals surface area contributed by atoms with Crippen molar-refractivity contribution in [3.05, 3.63) is 122 Å². The molecule has 0 radical (unpaired) electrons. The summed E-state index contributed by atoms with van der Waals surface area (Å²) in [6.07, 6.45) is 68.2. The third kappa shape index (κ3) is 44.3. The number of amides is 1. The molecule has 0 aliphatic carbocycles. The lowest BCUT2D eigenvalue weighted by Crippen LogP contribution is -2.61. The topological polar surface area (TPSA) is 175 Å². The van der Waals surface area contributed by atoms with Crippen molar-refractivity contribution in [1.29, 1.82) is 0 Å². The van der Waals surface area contributed by atoms with Crippen molar-refractivity contribution in [3.8, 4) is 0 Å². The Hall–Kier alpha value is -3.94. The number of nitrogens with one attached hydrogen (secondary N) is 1. The summed E-state index contributed by atoms with van der Waals surface area (Å²) < 4.78 is 17.6. The average Bonchev–Trinajstić information content (AvgIpc) is 3.52. The van der Waals surface area contributed by atoms with Gasteiger partial charge in [-0.25, -0.2) is 0 Å². The van der Waals surface area contributed by atoms with Crippen LogP contribution in [-0.4, -0.2) is 99.6 Å². The largest absolute Gasteiger partial charge is 0.454 e. The lowest BCUT2D eigenvalue weighted by Gasteiger charge is -2.41. The number of ether oxygens (including phenoxy) is 3. The van der Waals surface area contributed by atoms with E-state index in [0.29, 0.717) is 12.8 Å². The van der Waals surface area contributed by atoms with Crippen LogP contribution >= 0.6 is 0 Å². The van der Waals surface area contributed by atoms with Gasteiger partial charge in [0, 0.05) is 6.42 Å². The van der Waals surface area contributed by atoms with Gasteiger partial charge in [0.2, 0.25) is 5.91 Å². The zero-order chi connectivity index (χ0) is 58.9. The molecule has 11 nitrogen and oxygen atoms in total. The highest BCUT2D eigenvalue weighted by Crippen LogP contribution is 2.26. The number of hydrogen-bond donors (Lipinski definition) is 6. The molecule has 8 atom stereocenters. The summed E-state index contributed by atoms with van der Waals surface area (Å²) in [6.45, 7) is 5.50. The van der Waals surface area contributed by atoms with Crippen LogP contribution in [0.15, 0.2) is 122 Å². The molecule has 0 saturated carbocycles. The van der Waals surface area contributed by atoms with Gasteiger partial charge in [-0.2, -0.15) is 0 Å². The van der Waals surface area contributed by atoms with Crippen molar-refractivity contribution in [1.82, 2.24) is 5.32 Å². The van der Waals surface area contributed by atoms with Crippen LogP contribution in [0.2, 0.25) is 0 Å². The molecule has 1 fully saturated rings. The van der Waals surface area contributed by atoms with Crippen molar-refractivity contribution in [2.45, 2.75) is 294 Å². The average molecular weight is 1130 g/mol. The van der Waals surface area contributed by atoms with Crippen LogP contribution < -0.4 is 5.32 Å². The standard InChI is InChI=1S/C70H117NO10/c1-4-7-10-13-16-19-22-25-26-27-28-29-30-31-32-33-34-35-36-37-40-42-45-48-51-54-57-63(74)69(78)71-61(62(73)56-53-50-47-44-41-38-23-20-17-14-11-8-5-2)60-79-70-68(67(77)66(76)64(59-72)80-70)81-65(75)58-55-52-49-46-43-39-24-21-18-15-12-9-6-3/h7,9-10,12,15-16,18-19,21,24-26,28-29,31-32,39,43,53,56,61-64,66-68,70,72-74,76-77H,4-6,8,11,13-14,17,20,22-23,27,30,33-38,40-42,44-52,54-55,57-60H2,1-3H3,(H,71,78)/b10-7-,12-9+,18-15+,19-16-,24-21-,26-25-,29-28-,32-31-,43-39-,56-53+. The SMILES string of the molecule is CC/C=C\C/C=C\C/C=C\C/C=C\C/C=C\CCCCCCCCCCCCC(O)C(=O)NC(COC1OC(CO)C(O)C(O)C1OC(=O)CCCCC\C=C/C=C\C=C\C=C\CC)C(O)/C=C/CCCCCCCCCCCCC. The minimum absolute atomic E-state index is 0.0717. The summed E-state index contributed by atoms with van der Waals surface area (Å²) in [4.78, 5) is 26.5. The number of carbonyl (C=O) groups excluding carboxylic acids is 2. The Bertz CT molecular complexity index is 1780. The third-order valence-corrected chi connectivity index (χ3v) is 14.5.